The van der Waals surface area contributed by atoms with Crippen LogP contribution in [0, 0.1) is 34.6 Å². The van der Waals surface area contributed by atoms with Crippen LogP contribution in [0.25, 0.3) is 5.69 Å². The highest BCUT2D eigenvalue weighted by Crippen LogP contribution is 2.29. The van der Waals surface area contributed by atoms with Crippen LogP contribution in [0.5, 0.6) is 0 Å². The maximum Gasteiger partial charge on any atom is 0.257 e. The van der Waals surface area contributed by atoms with Gasteiger partial charge in [0.25, 0.3) is 10.0 Å². The average Bonchev–Trinajstić information content (AvgIpc) is 3.18. The Morgan fingerprint density at radius 3 is 2.00 bits per heavy atom. The van der Waals surface area contributed by atoms with E-state index in [2.05, 4.69) is 15.2 Å². The molecule has 7 heteroatoms. The zero-order valence-electron chi connectivity index (χ0n) is 16.2. The third-order valence-corrected chi connectivity index (χ3v) is 6.69. The monoisotopic (exact) mass is 384 g/mol. The molecule has 6 nitrogen and oxygen atoms in total. The molecule has 0 bridgehead atoms. The van der Waals surface area contributed by atoms with Gasteiger partial charge in [0, 0.05) is 18.6 Å². The number of aromatic nitrogens is 2. The summed E-state index contributed by atoms with van der Waals surface area (Å²) in [5, 5.41) is 0. The van der Waals surface area contributed by atoms with Crippen molar-refractivity contribution in [2.45, 2.75) is 39.5 Å². The van der Waals surface area contributed by atoms with Gasteiger partial charge >= 0.3 is 0 Å². The molecule has 0 amide bonds. The molecule has 0 radical (unpaired) electrons. The highest BCUT2D eigenvalue weighted by atomic mass is 32.2. The van der Waals surface area contributed by atoms with Crippen molar-refractivity contribution in [2.24, 2.45) is 0 Å². The summed E-state index contributed by atoms with van der Waals surface area (Å²) in [6.07, 6.45) is 5.36. The van der Waals surface area contributed by atoms with E-state index in [0.717, 1.165) is 33.5 Å². The SMILES string of the molecule is Cc1c(C)c(C)c(S(=O)(=O)NNc2ncccc2-n2cccc2)c(C)c1C. The van der Waals surface area contributed by atoms with Gasteiger partial charge in [0.2, 0.25) is 0 Å². The van der Waals surface area contributed by atoms with Crippen molar-refractivity contribution in [1.82, 2.24) is 14.4 Å². The Kier molecular flexibility index (Phi) is 5.08. The molecular weight excluding hydrogens is 360 g/mol. The molecule has 142 valence electrons. The van der Waals surface area contributed by atoms with E-state index in [4.69, 9.17) is 0 Å². The zero-order chi connectivity index (χ0) is 19.8. The van der Waals surface area contributed by atoms with Crippen molar-refractivity contribution in [3.8, 4) is 5.69 Å². The minimum absolute atomic E-state index is 0.314. The number of anilines is 1. The summed E-state index contributed by atoms with van der Waals surface area (Å²) in [5.41, 5.74) is 8.15. The maximum atomic E-state index is 13.1. The number of rotatable bonds is 5. The summed E-state index contributed by atoms with van der Waals surface area (Å²) in [7, 11) is -3.78. The number of benzene rings is 1. The summed E-state index contributed by atoms with van der Waals surface area (Å²) in [6.45, 7) is 9.60. The molecule has 3 rings (SSSR count). The van der Waals surface area contributed by atoms with Gasteiger partial charge in [-0.05, 0) is 86.7 Å². The average molecular weight is 385 g/mol. The molecule has 0 unspecified atom stereocenters. The Morgan fingerprint density at radius 2 is 1.41 bits per heavy atom. The van der Waals surface area contributed by atoms with Crippen molar-refractivity contribution in [1.29, 1.82) is 0 Å². The summed E-state index contributed by atoms with van der Waals surface area (Å²) >= 11 is 0. The Bertz CT molecular complexity index is 1060. The first-order valence-corrected chi connectivity index (χ1v) is 10.2. The molecular formula is C20H24N4O2S. The summed E-state index contributed by atoms with van der Waals surface area (Å²) in [6, 6.07) is 7.45. The Labute approximate surface area is 160 Å². The Balaban J connectivity index is 1.97. The number of hydrogen-bond acceptors (Lipinski definition) is 4. The van der Waals surface area contributed by atoms with Gasteiger partial charge in [0.05, 0.1) is 10.6 Å². The Morgan fingerprint density at radius 1 is 0.852 bits per heavy atom. The van der Waals surface area contributed by atoms with Gasteiger partial charge in [0.1, 0.15) is 0 Å². The molecule has 0 aliphatic heterocycles. The number of nitrogens with one attached hydrogen (secondary N) is 2. The quantitative estimate of drug-likeness (QED) is 0.658. The van der Waals surface area contributed by atoms with E-state index >= 15 is 0 Å². The first kappa shape index (κ1) is 19.1. The van der Waals surface area contributed by atoms with E-state index in [1.807, 2.05) is 69.8 Å². The number of hydrogen-bond donors (Lipinski definition) is 2. The first-order valence-electron chi connectivity index (χ1n) is 8.67. The van der Waals surface area contributed by atoms with E-state index in [-0.39, 0.29) is 0 Å². The molecule has 27 heavy (non-hydrogen) atoms. The normalized spacial score (nSPS) is 11.6. The second-order valence-corrected chi connectivity index (χ2v) is 8.27. The molecule has 1 aromatic carbocycles. The summed E-state index contributed by atoms with van der Waals surface area (Å²) in [4.78, 5) is 7.08. The molecule has 0 saturated heterocycles. The van der Waals surface area contributed by atoms with Crippen molar-refractivity contribution in [2.75, 3.05) is 5.43 Å². The van der Waals surface area contributed by atoms with Gasteiger partial charge < -0.3 is 4.57 Å². The van der Waals surface area contributed by atoms with Gasteiger partial charge in [-0.2, -0.15) is 0 Å². The summed E-state index contributed by atoms with van der Waals surface area (Å²) < 4.78 is 28.0. The highest BCUT2D eigenvalue weighted by molar-refractivity contribution is 7.89. The van der Waals surface area contributed by atoms with Crippen LogP contribution in [0.2, 0.25) is 0 Å². The third kappa shape index (κ3) is 3.48. The molecule has 2 N–H and O–H groups in total. The smallest absolute Gasteiger partial charge is 0.257 e. The van der Waals surface area contributed by atoms with E-state index in [9.17, 15) is 8.42 Å². The number of sulfonamides is 1. The number of nitrogens with zero attached hydrogens (tertiary/aromatic N) is 2. The van der Waals surface area contributed by atoms with Gasteiger partial charge in [-0.15, -0.1) is 4.83 Å². The lowest BCUT2D eigenvalue weighted by molar-refractivity contribution is 0.586. The lowest BCUT2D eigenvalue weighted by atomic mass is 9.95. The van der Waals surface area contributed by atoms with Crippen LogP contribution in [0.4, 0.5) is 5.82 Å². The highest BCUT2D eigenvalue weighted by Gasteiger charge is 2.24. The van der Waals surface area contributed by atoms with Crippen LogP contribution in [-0.4, -0.2) is 18.0 Å². The fourth-order valence-electron chi connectivity index (χ4n) is 3.23. The van der Waals surface area contributed by atoms with Crippen LogP contribution in [-0.2, 0) is 10.0 Å². The van der Waals surface area contributed by atoms with E-state index in [1.165, 1.54) is 0 Å². The van der Waals surface area contributed by atoms with Crippen LogP contribution in [0.15, 0.2) is 47.8 Å². The molecule has 2 heterocycles. The van der Waals surface area contributed by atoms with Crippen LogP contribution < -0.4 is 10.3 Å². The number of hydrazine groups is 1. The van der Waals surface area contributed by atoms with Crippen LogP contribution in [0.1, 0.15) is 27.8 Å². The molecule has 2 aromatic heterocycles. The standard InChI is InChI=1S/C20H24N4O2S/c1-13-14(2)16(4)19(17(5)15(13)3)27(25,26)23-22-20-18(9-8-10-21-20)24-11-6-7-12-24/h6-12,23H,1-5H3,(H,21,22). The molecule has 0 spiro atoms. The fourth-order valence-corrected chi connectivity index (χ4v) is 4.68. The van der Waals surface area contributed by atoms with Crippen LogP contribution >= 0.6 is 0 Å². The first-order chi connectivity index (χ1) is 12.7. The van der Waals surface area contributed by atoms with E-state index < -0.39 is 10.0 Å². The predicted molar refractivity (Wildman–Crippen MR) is 108 cm³/mol. The summed E-state index contributed by atoms with van der Waals surface area (Å²) in [5.74, 6) is 0.424. The molecule has 0 fully saturated rings. The second kappa shape index (κ2) is 7.17. The van der Waals surface area contributed by atoms with Gasteiger partial charge in [-0.25, -0.2) is 13.4 Å². The molecule has 3 aromatic rings. The minimum atomic E-state index is -3.78. The maximum absolute atomic E-state index is 13.1. The lowest BCUT2D eigenvalue weighted by Gasteiger charge is -2.19. The molecule has 0 aliphatic carbocycles. The fraction of sp³-hybridized carbons (Fsp3) is 0.250. The molecule has 0 atom stereocenters. The third-order valence-electron chi connectivity index (χ3n) is 5.17. The molecule has 0 saturated carbocycles. The lowest BCUT2D eigenvalue weighted by Crippen LogP contribution is -2.32. The van der Waals surface area contributed by atoms with Crippen molar-refractivity contribution < 1.29 is 8.42 Å². The van der Waals surface area contributed by atoms with Gasteiger partial charge in [-0.3, -0.25) is 5.43 Å². The topological polar surface area (TPSA) is 76.0 Å². The van der Waals surface area contributed by atoms with E-state index in [1.54, 1.807) is 12.3 Å². The minimum Gasteiger partial charge on any atom is -0.321 e. The predicted octanol–water partition coefficient (Wildman–Crippen LogP) is 3.72. The largest absolute Gasteiger partial charge is 0.321 e. The van der Waals surface area contributed by atoms with E-state index in [0.29, 0.717) is 10.7 Å². The van der Waals surface area contributed by atoms with Crippen molar-refractivity contribution >= 4 is 15.8 Å². The van der Waals surface area contributed by atoms with Gasteiger partial charge in [0.15, 0.2) is 5.82 Å². The van der Waals surface area contributed by atoms with Gasteiger partial charge in [-0.1, -0.05) is 0 Å². The second-order valence-electron chi connectivity index (χ2n) is 6.65. The van der Waals surface area contributed by atoms with Crippen LogP contribution in [0.3, 0.4) is 0 Å². The zero-order valence-corrected chi connectivity index (χ0v) is 17.0. The molecule has 0 aliphatic rings. The van der Waals surface area contributed by atoms with Crippen molar-refractivity contribution in [3.05, 3.63) is 70.7 Å². The Hall–Kier alpha value is -2.64. The van der Waals surface area contributed by atoms with Crippen molar-refractivity contribution in [3.63, 3.8) is 0 Å². The number of pyridine rings is 1.